The van der Waals surface area contributed by atoms with Crippen LogP contribution in [0.25, 0.3) is 0 Å². The standard InChI is InChI=1S/C81H138N14O22/c1-46(2)41-50-43-58(96)57(42-49-29-27-26-28-30-49)93-67(103)55(34-39-86-72(108)115-79(17,18)19)91-65(101)53(90-63(99)51(45-88-74(110)117-81(23,24)25)44-59(97)60(47(3)111-75(5,6)7)94-64(100)52(82)31-36-84-70(106)113-77(11,12)13)32-37-83-69(105)61(48(4)112-76(8,9)10)95-68(104)56(35-40-87-73(109)116-80(20,21)22)92-66(102)54(89-62(50)98)33-38-85-71(107)114-78(14,15)16/h26-30,46-48,50-57,60-61H,31-45,82H2,1-25H3,(H,83,105)(H,84,106)(H,85,107)(H,86,108)(H,87,109)(H,88,110)(H,89,98)(H,90,99)(H,91,101)(H,92,102)(H,93,103)(H,94,100)(H,95,104)/t47-,48-,50-,51+,52+,53+,54+,55+,56+,57-,60+,61+/m1/s1. The van der Waals surface area contributed by atoms with E-state index in [-0.39, 0.29) is 57.8 Å². The maximum atomic E-state index is 15.6. The monoisotopic (exact) mass is 1660 g/mol. The third-order valence-electron chi connectivity index (χ3n) is 16.5. The van der Waals surface area contributed by atoms with Crippen LogP contribution in [0.2, 0.25) is 0 Å². The number of carbonyl (C=O) groups is 15. The predicted molar refractivity (Wildman–Crippen MR) is 435 cm³/mol. The molecular formula is C81H138N14O22. The van der Waals surface area contributed by atoms with Crippen molar-refractivity contribution in [1.82, 2.24) is 69.1 Å². The van der Waals surface area contributed by atoms with Crippen molar-refractivity contribution in [2.75, 3.05) is 39.3 Å². The maximum Gasteiger partial charge on any atom is 0.407 e. The number of Topliss-reactive ketones (excluding diaryl/α,β-unsaturated/α-hetero) is 2. The Balaban J connectivity index is 3.22. The van der Waals surface area contributed by atoms with E-state index in [2.05, 4.69) is 69.1 Å². The van der Waals surface area contributed by atoms with Gasteiger partial charge in [-0.1, -0.05) is 44.2 Å². The second-order valence-corrected chi connectivity index (χ2v) is 36.6. The number of alkyl carbamates (subject to hydrolysis) is 5. The summed E-state index contributed by atoms with van der Waals surface area (Å²) >= 11 is 0. The number of carbonyl (C=O) groups excluding carboxylic acids is 15. The molecule has 0 aromatic heterocycles. The summed E-state index contributed by atoms with van der Waals surface area (Å²) in [5.74, 6) is -12.8. The molecule has 1 aliphatic heterocycles. The van der Waals surface area contributed by atoms with E-state index in [1.165, 1.54) is 13.8 Å². The normalized spacial score (nSPS) is 20.4. The summed E-state index contributed by atoms with van der Waals surface area (Å²) in [7, 11) is 0. The lowest BCUT2D eigenvalue weighted by Gasteiger charge is -2.32. The van der Waals surface area contributed by atoms with Crippen molar-refractivity contribution in [3.63, 3.8) is 0 Å². The van der Waals surface area contributed by atoms with Crippen molar-refractivity contribution < 1.29 is 105 Å². The van der Waals surface area contributed by atoms with E-state index in [4.69, 9.17) is 38.9 Å². The minimum atomic E-state index is -1.86. The maximum absolute atomic E-state index is 15.6. The highest BCUT2D eigenvalue weighted by atomic mass is 16.6. The Bertz CT molecular complexity index is 3490. The molecule has 1 saturated heterocycles. The van der Waals surface area contributed by atoms with Crippen molar-refractivity contribution in [3.05, 3.63) is 35.9 Å². The Labute approximate surface area is 690 Å². The first-order valence-electron chi connectivity index (χ1n) is 40.0. The molecule has 1 fully saturated rings. The molecule has 1 heterocycles. The fourth-order valence-corrected chi connectivity index (χ4v) is 11.7. The predicted octanol–water partition coefficient (Wildman–Crippen LogP) is 5.26. The minimum absolute atomic E-state index is 0.0104. The number of benzene rings is 1. The Morgan fingerprint density at radius 3 is 1.30 bits per heavy atom. The van der Waals surface area contributed by atoms with Crippen molar-refractivity contribution in [2.24, 2.45) is 23.5 Å². The SMILES string of the molecule is CC(C)C[C@@H]1CC(=O)[C@@H](Cc2ccccc2)NC(=O)[C@H](CCNC(=O)OC(C)(C)C)NC(=O)[C@@H](NC(=O)[C@H](CNC(=O)OC(C)(C)C)CC(=O)[C@@H](NC(=O)[C@@H](N)CCNC(=O)OC(C)(C)C)[C@@H](C)OC(C)(C)C)CCNC(=O)[C@H]([C@@H](C)OC(C)(C)C)NC(=O)[C@H](CCNC(=O)OC(C)(C)C)NC(=O)[C@H](CCNC(=O)OC(C)(C)C)NC1=O. The average molecular weight is 1660 g/mol. The first kappa shape index (κ1) is 104. The third kappa shape index (κ3) is 45.2. The van der Waals surface area contributed by atoms with Gasteiger partial charge in [0.25, 0.3) is 0 Å². The topological polar surface area (TPSA) is 503 Å². The zero-order valence-electron chi connectivity index (χ0n) is 73.6. The van der Waals surface area contributed by atoms with Gasteiger partial charge < -0.3 is 108 Å². The molecule has 15 N–H and O–H groups in total. The molecule has 36 heteroatoms. The average Bonchev–Trinajstić information content (AvgIpc) is 1.38. The van der Waals surface area contributed by atoms with Gasteiger partial charge in [-0.3, -0.25) is 47.9 Å². The number of nitrogens with one attached hydrogen (secondary N) is 13. The van der Waals surface area contributed by atoms with Crippen LogP contribution in [-0.4, -0.2) is 228 Å². The summed E-state index contributed by atoms with van der Waals surface area (Å²) in [4.78, 5) is 216. The summed E-state index contributed by atoms with van der Waals surface area (Å²) in [5, 5.41) is 34.2. The molecule has 36 nitrogen and oxygen atoms in total. The number of hydrogen-bond donors (Lipinski definition) is 14. The van der Waals surface area contributed by atoms with Gasteiger partial charge in [-0.25, -0.2) is 24.0 Å². The molecule has 2 rings (SSSR count). The first-order chi connectivity index (χ1) is 53.6. The van der Waals surface area contributed by atoms with Crippen LogP contribution in [-0.2, 0) is 87.5 Å². The third-order valence-corrected chi connectivity index (χ3v) is 16.5. The molecule has 12 atom stereocenters. The molecule has 1 aromatic carbocycles. The van der Waals surface area contributed by atoms with Crippen LogP contribution in [0.3, 0.4) is 0 Å². The van der Waals surface area contributed by atoms with E-state index < -0.39 is 246 Å². The molecule has 0 spiro atoms. The summed E-state index contributed by atoms with van der Waals surface area (Å²) in [5.41, 5.74) is 0.0502. The van der Waals surface area contributed by atoms with Crippen molar-refractivity contribution >= 4 is 89.3 Å². The number of hydrogen-bond acceptors (Lipinski definition) is 23. The van der Waals surface area contributed by atoms with Gasteiger partial charge in [-0.2, -0.15) is 0 Å². The molecule has 0 bridgehead atoms. The van der Waals surface area contributed by atoms with Gasteiger partial charge in [0, 0.05) is 58.0 Å². The number of ether oxygens (including phenoxy) is 7. The van der Waals surface area contributed by atoms with E-state index >= 15 is 43.2 Å². The Kier molecular flexibility index (Phi) is 41.3. The quantitative estimate of drug-likeness (QED) is 0.0455. The lowest BCUT2D eigenvalue weighted by atomic mass is 9.88. The molecule has 13 amide bonds. The lowest BCUT2D eigenvalue weighted by molar-refractivity contribution is -0.139. The second-order valence-electron chi connectivity index (χ2n) is 36.6. The highest BCUT2D eigenvalue weighted by Crippen LogP contribution is 2.23. The van der Waals surface area contributed by atoms with Crippen LogP contribution in [0, 0.1) is 17.8 Å². The van der Waals surface area contributed by atoms with Crippen molar-refractivity contribution in [1.29, 1.82) is 0 Å². The van der Waals surface area contributed by atoms with Gasteiger partial charge in [0.05, 0.1) is 41.4 Å². The first-order valence-corrected chi connectivity index (χ1v) is 40.0. The van der Waals surface area contributed by atoms with Crippen LogP contribution in [0.15, 0.2) is 30.3 Å². The van der Waals surface area contributed by atoms with E-state index in [9.17, 15) is 28.8 Å². The highest BCUT2D eigenvalue weighted by Gasteiger charge is 2.41. The van der Waals surface area contributed by atoms with E-state index in [1.54, 1.807) is 190 Å². The van der Waals surface area contributed by atoms with E-state index in [0.29, 0.717) is 5.56 Å². The van der Waals surface area contributed by atoms with E-state index in [0.717, 1.165) is 0 Å². The van der Waals surface area contributed by atoms with Crippen LogP contribution in [0.5, 0.6) is 0 Å². The Morgan fingerprint density at radius 2 is 0.872 bits per heavy atom. The second kappa shape index (κ2) is 46.6. The number of rotatable bonds is 29. The molecular weight excluding hydrogens is 1520 g/mol. The summed E-state index contributed by atoms with van der Waals surface area (Å²) < 4.78 is 39.7. The molecule has 1 aliphatic rings. The zero-order valence-corrected chi connectivity index (χ0v) is 73.6. The molecule has 1 aromatic rings. The number of ketones is 2. The van der Waals surface area contributed by atoms with Crippen molar-refractivity contribution in [3.8, 4) is 0 Å². The Morgan fingerprint density at radius 1 is 0.470 bits per heavy atom. The minimum Gasteiger partial charge on any atom is -0.444 e. The molecule has 0 unspecified atom stereocenters. The largest absolute Gasteiger partial charge is 0.444 e. The van der Waals surface area contributed by atoms with Crippen LogP contribution in [0.1, 0.15) is 230 Å². The molecule has 0 saturated carbocycles. The Hall–Kier alpha value is -9.45. The fourth-order valence-electron chi connectivity index (χ4n) is 11.7. The van der Waals surface area contributed by atoms with Gasteiger partial charge in [0.2, 0.25) is 47.3 Å². The van der Waals surface area contributed by atoms with E-state index in [1.807, 2.05) is 0 Å². The highest BCUT2D eigenvalue weighted by molar-refractivity contribution is 5.99. The lowest BCUT2D eigenvalue weighted by Crippen LogP contribution is -2.60. The molecule has 117 heavy (non-hydrogen) atoms. The van der Waals surface area contributed by atoms with Crippen LogP contribution in [0.4, 0.5) is 24.0 Å². The molecule has 664 valence electrons. The summed E-state index contributed by atoms with van der Waals surface area (Å²) in [6.07, 6.45) is -10.4. The summed E-state index contributed by atoms with van der Waals surface area (Å²) in [6, 6.07) is -4.50. The van der Waals surface area contributed by atoms with Gasteiger partial charge in [0.15, 0.2) is 11.6 Å². The molecule has 0 aliphatic carbocycles. The van der Waals surface area contributed by atoms with Gasteiger partial charge >= 0.3 is 30.5 Å². The van der Waals surface area contributed by atoms with Gasteiger partial charge in [0.1, 0.15) is 64.3 Å². The zero-order chi connectivity index (χ0) is 89.5. The van der Waals surface area contributed by atoms with Crippen LogP contribution >= 0.6 is 0 Å². The number of nitrogens with two attached hydrogens (primary N) is 1. The molecule has 0 radical (unpaired) electrons. The van der Waals surface area contributed by atoms with Crippen molar-refractivity contribution in [2.45, 2.75) is 331 Å². The number of amides is 13. The fraction of sp³-hybridized carbons (Fsp3) is 0.741. The van der Waals surface area contributed by atoms with Gasteiger partial charge in [-0.05, 0) is 216 Å². The smallest absolute Gasteiger partial charge is 0.407 e. The van der Waals surface area contributed by atoms with Gasteiger partial charge in [-0.15, -0.1) is 0 Å². The summed E-state index contributed by atoms with van der Waals surface area (Å²) in [6.45, 7) is 38.5. The van der Waals surface area contributed by atoms with Crippen LogP contribution < -0.4 is 74.9 Å².